The number of para-hydroxylation sites is 1. The zero-order valence-corrected chi connectivity index (χ0v) is 16.4. The molecular weight excluding hydrogens is 384 g/mol. The van der Waals surface area contributed by atoms with E-state index < -0.39 is 0 Å². The lowest BCUT2D eigenvalue weighted by Gasteiger charge is -2.34. The van der Waals surface area contributed by atoms with Crippen molar-refractivity contribution in [2.75, 3.05) is 43.5 Å². The number of carbonyl (C=O) groups is 1. The number of halogens is 1. The van der Waals surface area contributed by atoms with Gasteiger partial charge < -0.3 is 19.9 Å². The molecule has 6 nitrogen and oxygen atoms in total. The number of benzene rings is 2. The minimum atomic E-state index is -0.128. The van der Waals surface area contributed by atoms with E-state index in [0.29, 0.717) is 23.8 Å². The standard InChI is InChI=1S/C19H19ClN4O2S/c1-26-13-6-7-16-17(12-13)27-19(22-16)24-10-8-23(9-11-24)18(25)21-15-5-3-2-4-14(15)20/h2-7,12H,8-11H2,1H3,(H,21,25). The van der Waals surface area contributed by atoms with E-state index >= 15 is 0 Å². The van der Waals surface area contributed by atoms with E-state index in [-0.39, 0.29) is 6.03 Å². The molecule has 27 heavy (non-hydrogen) atoms. The summed E-state index contributed by atoms with van der Waals surface area (Å²) in [6.07, 6.45) is 0. The molecule has 140 valence electrons. The first-order chi connectivity index (χ1) is 13.1. The lowest BCUT2D eigenvalue weighted by molar-refractivity contribution is 0.208. The molecule has 0 bridgehead atoms. The van der Waals surface area contributed by atoms with Gasteiger partial charge in [0.25, 0.3) is 0 Å². The summed E-state index contributed by atoms with van der Waals surface area (Å²) in [7, 11) is 1.66. The second-order valence-corrected chi connectivity index (χ2v) is 7.63. The van der Waals surface area contributed by atoms with Crippen LogP contribution < -0.4 is 15.0 Å². The van der Waals surface area contributed by atoms with Crippen molar-refractivity contribution < 1.29 is 9.53 Å². The van der Waals surface area contributed by atoms with E-state index in [0.717, 1.165) is 34.2 Å². The van der Waals surface area contributed by atoms with Crippen LogP contribution in [0.2, 0.25) is 5.02 Å². The molecule has 2 amide bonds. The predicted octanol–water partition coefficient (Wildman–Crippen LogP) is 4.31. The van der Waals surface area contributed by atoms with Gasteiger partial charge >= 0.3 is 6.03 Å². The number of nitrogens with zero attached hydrogens (tertiary/aromatic N) is 3. The molecule has 1 N–H and O–H groups in total. The number of aromatic nitrogens is 1. The summed E-state index contributed by atoms with van der Waals surface area (Å²) < 4.78 is 6.38. The number of hydrogen-bond acceptors (Lipinski definition) is 5. The van der Waals surface area contributed by atoms with Crippen LogP contribution in [0.3, 0.4) is 0 Å². The Hall–Kier alpha value is -2.51. The molecule has 0 radical (unpaired) electrons. The third-order valence-electron chi connectivity index (χ3n) is 4.54. The highest BCUT2D eigenvalue weighted by atomic mass is 35.5. The number of fused-ring (bicyclic) bond motifs is 1. The van der Waals surface area contributed by atoms with E-state index in [4.69, 9.17) is 21.3 Å². The molecule has 0 aliphatic carbocycles. The number of methoxy groups -OCH3 is 1. The summed E-state index contributed by atoms with van der Waals surface area (Å²) in [6.45, 7) is 2.75. The van der Waals surface area contributed by atoms with Crippen LogP contribution in [-0.2, 0) is 0 Å². The summed E-state index contributed by atoms with van der Waals surface area (Å²) in [4.78, 5) is 21.2. The van der Waals surface area contributed by atoms with Gasteiger partial charge in [-0.25, -0.2) is 9.78 Å². The second kappa shape index (κ2) is 7.62. The fourth-order valence-electron chi connectivity index (χ4n) is 3.01. The molecule has 1 aromatic heterocycles. The van der Waals surface area contributed by atoms with Crippen molar-refractivity contribution in [3.05, 3.63) is 47.5 Å². The number of piperazine rings is 1. The van der Waals surface area contributed by atoms with Crippen molar-refractivity contribution >= 4 is 50.0 Å². The van der Waals surface area contributed by atoms with Gasteiger partial charge in [-0.1, -0.05) is 35.1 Å². The molecule has 8 heteroatoms. The van der Waals surface area contributed by atoms with Gasteiger partial charge in [-0.3, -0.25) is 0 Å². The Bertz CT molecular complexity index is 969. The van der Waals surface area contributed by atoms with Crippen LogP contribution in [0.1, 0.15) is 0 Å². The normalized spacial score (nSPS) is 14.4. The van der Waals surface area contributed by atoms with Gasteiger partial charge in [-0.2, -0.15) is 0 Å². The first-order valence-corrected chi connectivity index (χ1v) is 9.83. The molecule has 1 saturated heterocycles. The van der Waals surface area contributed by atoms with Crippen LogP contribution in [-0.4, -0.2) is 49.2 Å². The summed E-state index contributed by atoms with van der Waals surface area (Å²) in [6, 6.07) is 13.0. The summed E-state index contributed by atoms with van der Waals surface area (Å²) >= 11 is 7.76. The highest BCUT2D eigenvalue weighted by molar-refractivity contribution is 7.22. The highest BCUT2D eigenvalue weighted by Gasteiger charge is 2.23. The number of hydrogen-bond donors (Lipinski definition) is 1. The van der Waals surface area contributed by atoms with Crippen molar-refractivity contribution in [2.24, 2.45) is 0 Å². The highest BCUT2D eigenvalue weighted by Crippen LogP contribution is 2.32. The molecule has 1 fully saturated rings. The van der Waals surface area contributed by atoms with Crippen LogP contribution in [0.4, 0.5) is 15.6 Å². The van der Waals surface area contributed by atoms with Crippen molar-refractivity contribution in [1.82, 2.24) is 9.88 Å². The Morgan fingerprint density at radius 3 is 2.70 bits per heavy atom. The second-order valence-electron chi connectivity index (χ2n) is 6.21. The smallest absolute Gasteiger partial charge is 0.322 e. The third-order valence-corrected chi connectivity index (χ3v) is 5.95. The molecule has 3 aromatic rings. The van der Waals surface area contributed by atoms with Crippen LogP contribution in [0, 0.1) is 0 Å². The Morgan fingerprint density at radius 1 is 1.19 bits per heavy atom. The first kappa shape index (κ1) is 17.9. The molecule has 0 spiro atoms. The minimum absolute atomic E-state index is 0.128. The number of ether oxygens (including phenoxy) is 1. The van der Waals surface area contributed by atoms with Crippen LogP contribution >= 0.6 is 22.9 Å². The molecule has 2 aromatic carbocycles. The van der Waals surface area contributed by atoms with E-state index in [2.05, 4.69) is 10.2 Å². The summed E-state index contributed by atoms with van der Waals surface area (Å²) in [5.74, 6) is 0.832. The number of rotatable bonds is 3. The quantitative estimate of drug-likeness (QED) is 0.709. The van der Waals surface area contributed by atoms with Crippen molar-refractivity contribution in [3.8, 4) is 5.75 Å². The maximum absolute atomic E-state index is 12.5. The maximum atomic E-state index is 12.5. The number of thiazole rings is 1. The molecule has 0 atom stereocenters. The van der Waals surface area contributed by atoms with E-state index in [1.54, 1.807) is 35.5 Å². The van der Waals surface area contributed by atoms with Gasteiger partial charge in [0.2, 0.25) is 0 Å². The number of nitrogens with one attached hydrogen (secondary N) is 1. The number of anilines is 2. The van der Waals surface area contributed by atoms with Crippen LogP contribution in [0.25, 0.3) is 10.2 Å². The van der Waals surface area contributed by atoms with Crippen molar-refractivity contribution in [2.45, 2.75) is 0 Å². The molecule has 0 saturated carbocycles. The first-order valence-electron chi connectivity index (χ1n) is 8.64. The zero-order valence-electron chi connectivity index (χ0n) is 14.8. The van der Waals surface area contributed by atoms with Gasteiger partial charge in [0.05, 0.1) is 28.0 Å². The van der Waals surface area contributed by atoms with Crippen LogP contribution in [0.15, 0.2) is 42.5 Å². The Kier molecular flexibility index (Phi) is 5.05. The van der Waals surface area contributed by atoms with Crippen molar-refractivity contribution in [3.63, 3.8) is 0 Å². The maximum Gasteiger partial charge on any atom is 0.322 e. The van der Waals surface area contributed by atoms with Crippen molar-refractivity contribution in [1.29, 1.82) is 0 Å². The third kappa shape index (κ3) is 3.79. The fraction of sp³-hybridized carbons (Fsp3) is 0.263. The SMILES string of the molecule is COc1ccc2nc(N3CCN(C(=O)Nc4ccccc4Cl)CC3)sc2c1. The molecular formula is C19H19ClN4O2S. The molecule has 2 heterocycles. The Morgan fingerprint density at radius 2 is 1.96 bits per heavy atom. The number of amides is 2. The predicted molar refractivity (Wildman–Crippen MR) is 110 cm³/mol. The molecule has 1 aliphatic rings. The lowest BCUT2D eigenvalue weighted by Crippen LogP contribution is -2.50. The Labute approximate surface area is 166 Å². The van der Waals surface area contributed by atoms with Gasteiger partial charge in [0, 0.05) is 26.2 Å². The fourth-order valence-corrected chi connectivity index (χ4v) is 4.24. The Balaban J connectivity index is 1.40. The van der Waals surface area contributed by atoms with E-state index in [1.165, 1.54) is 0 Å². The zero-order chi connectivity index (χ0) is 18.8. The van der Waals surface area contributed by atoms with Crippen LogP contribution in [0.5, 0.6) is 5.75 Å². The van der Waals surface area contributed by atoms with Gasteiger partial charge in [0.15, 0.2) is 5.13 Å². The largest absolute Gasteiger partial charge is 0.497 e. The van der Waals surface area contributed by atoms with E-state index in [9.17, 15) is 4.79 Å². The molecule has 1 aliphatic heterocycles. The van der Waals surface area contributed by atoms with Gasteiger partial charge in [0.1, 0.15) is 5.75 Å². The van der Waals surface area contributed by atoms with Gasteiger partial charge in [-0.05, 0) is 30.3 Å². The van der Waals surface area contributed by atoms with Gasteiger partial charge in [-0.15, -0.1) is 0 Å². The number of carbonyl (C=O) groups excluding carboxylic acids is 1. The molecule has 0 unspecified atom stereocenters. The van der Waals surface area contributed by atoms with E-state index in [1.807, 2.05) is 30.3 Å². The number of urea groups is 1. The summed E-state index contributed by atoms with van der Waals surface area (Å²) in [5.41, 5.74) is 1.60. The average Bonchev–Trinajstić information content (AvgIpc) is 3.13. The topological polar surface area (TPSA) is 57.7 Å². The lowest BCUT2D eigenvalue weighted by atomic mass is 10.3. The average molecular weight is 403 g/mol. The molecule has 4 rings (SSSR count). The minimum Gasteiger partial charge on any atom is -0.497 e. The summed E-state index contributed by atoms with van der Waals surface area (Å²) in [5, 5.41) is 4.39. The monoisotopic (exact) mass is 402 g/mol.